The highest BCUT2D eigenvalue weighted by molar-refractivity contribution is 5.96. The molecule has 2 amide bonds. The molecule has 180 valence electrons. The summed E-state index contributed by atoms with van der Waals surface area (Å²) in [5.74, 6) is -2.60. The van der Waals surface area contributed by atoms with E-state index in [1.165, 1.54) is 13.0 Å². The SMILES string of the molecule is CCC(=O)O[C@H](C)[C@H](NC(=O)C1(OC(=O)CC)C=CC(c2ccccc2)=CC1)C(=O)NCC#N. The van der Waals surface area contributed by atoms with Crippen LogP contribution in [0, 0.1) is 11.3 Å². The first kappa shape index (κ1) is 26.3. The zero-order valence-electron chi connectivity index (χ0n) is 19.5. The van der Waals surface area contributed by atoms with Crippen molar-refractivity contribution in [2.45, 2.75) is 57.8 Å². The average molecular weight is 468 g/mol. The van der Waals surface area contributed by atoms with E-state index in [-0.39, 0.29) is 25.8 Å². The van der Waals surface area contributed by atoms with Crippen molar-refractivity contribution in [1.82, 2.24) is 10.6 Å². The number of carbonyl (C=O) groups is 4. The van der Waals surface area contributed by atoms with Crippen LogP contribution in [-0.4, -0.2) is 48.0 Å². The highest BCUT2D eigenvalue weighted by Crippen LogP contribution is 2.30. The van der Waals surface area contributed by atoms with Crippen LogP contribution in [0.4, 0.5) is 0 Å². The summed E-state index contributed by atoms with van der Waals surface area (Å²) in [5, 5.41) is 13.7. The third-order valence-corrected chi connectivity index (χ3v) is 5.22. The van der Waals surface area contributed by atoms with E-state index in [0.717, 1.165) is 11.1 Å². The van der Waals surface area contributed by atoms with Crippen molar-refractivity contribution in [3.8, 4) is 6.07 Å². The third-order valence-electron chi connectivity index (χ3n) is 5.22. The molecule has 1 aromatic rings. The molecular weight excluding hydrogens is 438 g/mol. The molecule has 1 unspecified atom stereocenters. The van der Waals surface area contributed by atoms with Crippen LogP contribution in [0.3, 0.4) is 0 Å². The molecule has 0 fully saturated rings. The van der Waals surface area contributed by atoms with Gasteiger partial charge in [-0.15, -0.1) is 0 Å². The quantitative estimate of drug-likeness (QED) is 0.398. The number of hydrogen-bond donors (Lipinski definition) is 2. The van der Waals surface area contributed by atoms with Crippen molar-refractivity contribution >= 4 is 29.3 Å². The van der Waals surface area contributed by atoms with E-state index >= 15 is 0 Å². The van der Waals surface area contributed by atoms with E-state index in [0.29, 0.717) is 0 Å². The topological polar surface area (TPSA) is 135 Å². The number of rotatable bonds is 10. The lowest BCUT2D eigenvalue weighted by Crippen LogP contribution is -2.59. The minimum Gasteiger partial charge on any atom is -0.460 e. The van der Waals surface area contributed by atoms with Crippen LogP contribution in [0.2, 0.25) is 0 Å². The maximum Gasteiger partial charge on any atom is 0.306 e. The molecule has 0 spiro atoms. The summed E-state index contributed by atoms with van der Waals surface area (Å²) in [4.78, 5) is 50.0. The highest BCUT2D eigenvalue weighted by atomic mass is 16.6. The molecule has 34 heavy (non-hydrogen) atoms. The summed E-state index contributed by atoms with van der Waals surface area (Å²) in [6.45, 7) is 4.37. The lowest BCUT2D eigenvalue weighted by atomic mass is 9.88. The molecule has 0 saturated carbocycles. The summed E-state index contributed by atoms with van der Waals surface area (Å²) in [7, 11) is 0. The number of nitrogens with one attached hydrogen (secondary N) is 2. The van der Waals surface area contributed by atoms with Crippen LogP contribution in [0.5, 0.6) is 0 Å². The number of nitriles is 1. The molecule has 2 N–H and O–H groups in total. The van der Waals surface area contributed by atoms with Crippen molar-refractivity contribution in [2.75, 3.05) is 6.54 Å². The lowest BCUT2D eigenvalue weighted by Gasteiger charge is -2.33. The van der Waals surface area contributed by atoms with E-state index in [1.54, 1.807) is 32.1 Å². The number of esters is 2. The Labute approximate surface area is 198 Å². The molecule has 2 rings (SSSR count). The van der Waals surface area contributed by atoms with Crippen molar-refractivity contribution < 1.29 is 28.7 Å². The molecule has 0 radical (unpaired) electrons. The molecule has 1 aromatic carbocycles. The molecule has 9 heteroatoms. The fourth-order valence-electron chi connectivity index (χ4n) is 3.29. The van der Waals surface area contributed by atoms with Crippen LogP contribution in [0.15, 0.2) is 48.6 Å². The first-order valence-corrected chi connectivity index (χ1v) is 11.1. The number of ether oxygens (including phenoxy) is 2. The van der Waals surface area contributed by atoms with Gasteiger partial charge in [-0.1, -0.05) is 56.3 Å². The minimum absolute atomic E-state index is 0.0426. The molecule has 0 aliphatic heterocycles. The summed E-state index contributed by atoms with van der Waals surface area (Å²) in [6, 6.07) is 9.98. The van der Waals surface area contributed by atoms with Gasteiger partial charge in [-0.3, -0.25) is 19.2 Å². The van der Waals surface area contributed by atoms with Crippen molar-refractivity contribution in [3.05, 3.63) is 54.1 Å². The number of nitrogens with zero attached hydrogens (tertiary/aromatic N) is 1. The number of allylic oxidation sites excluding steroid dienone is 2. The van der Waals surface area contributed by atoms with Crippen molar-refractivity contribution in [3.63, 3.8) is 0 Å². The maximum absolute atomic E-state index is 13.4. The smallest absolute Gasteiger partial charge is 0.306 e. The maximum atomic E-state index is 13.4. The van der Waals surface area contributed by atoms with Gasteiger partial charge < -0.3 is 20.1 Å². The molecule has 1 aliphatic carbocycles. The van der Waals surface area contributed by atoms with Gasteiger partial charge in [-0.25, -0.2) is 0 Å². The van der Waals surface area contributed by atoms with Crippen LogP contribution in [0.1, 0.15) is 45.6 Å². The highest BCUT2D eigenvalue weighted by Gasteiger charge is 2.43. The van der Waals surface area contributed by atoms with Gasteiger partial charge in [-0.2, -0.15) is 5.26 Å². The number of hydrogen-bond acceptors (Lipinski definition) is 7. The molecule has 1 aliphatic rings. The van der Waals surface area contributed by atoms with Gasteiger partial charge in [0, 0.05) is 19.3 Å². The summed E-state index contributed by atoms with van der Waals surface area (Å²) in [6.07, 6.45) is 4.10. The van der Waals surface area contributed by atoms with Crippen LogP contribution in [-0.2, 0) is 28.7 Å². The number of amides is 2. The second-order valence-corrected chi connectivity index (χ2v) is 7.66. The number of carbonyl (C=O) groups excluding carboxylic acids is 4. The summed E-state index contributed by atoms with van der Waals surface area (Å²) in [5.41, 5.74) is 0.0988. The lowest BCUT2D eigenvalue weighted by molar-refractivity contribution is -0.164. The average Bonchev–Trinajstić information content (AvgIpc) is 2.86. The Hall–Kier alpha value is -3.93. The minimum atomic E-state index is -1.69. The van der Waals surface area contributed by atoms with Crippen LogP contribution in [0.25, 0.3) is 5.57 Å². The molecule has 0 aromatic heterocycles. The first-order chi connectivity index (χ1) is 16.3. The molecule has 3 atom stereocenters. The molecular formula is C25H29N3O6. The Balaban J connectivity index is 2.31. The van der Waals surface area contributed by atoms with E-state index < -0.39 is 41.5 Å². The van der Waals surface area contributed by atoms with E-state index in [1.807, 2.05) is 30.3 Å². The predicted molar refractivity (Wildman–Crippen MR) is 124 cm³/mol. The Morgan fingerprint density at radius 3 is 2.35 bits per heavy atom. The van der Waals surface area contributed by atoms with Gasteiger partial charge in [0.05, 0.1) is 6.07 Å². The molecule has 9 nitrogen and oxygen atoms in total. The molecule has 0 saturated heterocycles. The summed E-state index contributed by atoms with van der Waals surface area (Å²) < 4.78 is 10.8. The van der Waals surface area contributed by atoms with Gasteiger partial charge in [0.15, 0.2) is 0 Å². The zero-order chi connectivity index (χ0) is 25.1. The van der Waals surface area contributed by atoms with Gasteiger partial charge in [0.25, 0.3) is 5.91 Å². The number of benzene rings is 1. The van der Waals surface area contributed by atoms with Gasteiger partial charge >= 0.3 is 11.9 Å². The predicted octanol–water partition coefficient (Wildman–Crippen LogP) is 2.19. The normalized spacial score (nSPS) is 18.5. The Morgan fingerprint density at radius 2 is 1.79 bits per heavy atom. The van der Waals surface area contributed by atoms with E-state index in [4.69, 9.17) is 14.7 Å². The van der Waals surface area contributed by atoms with Gasteiger partial charge in [0.1, 0.15) is 18.7 Å². The third kappa shape index (κ3) is 6.78. The van der Waals surface area contributed by atoms with Gasteiger partial charge in [-0.05, 0) is 24.1 Å². The van der Waals surface area contributed by atoms with E-state index in [9.17, 15) is 19.2 Å². The zero-order valence-corrected chi connectivity index (χ0v) is 19.5. The first-order valence-electron chi connectivity index (χ1n) is 11.1. The molecule has 0 bridgehead atoms. The van der Waals surface area contributed by atoms with Gasteiger partial charge in [0.2, 0.25) is 11.5 Å². The van der Waals surface area contributed by atoms with Crippen molar-refractivity contribution in [1.29, 1.82) is 5.26 Å². The molecule has 0 heterocycles. The second kappa shape index (κ2) is 12.3. The summed E-state index contributed by atoms with van der Waals surface area (Å²) >= 11 is 0. The fourth-order valence-corrected chi connectivity index (χ4v) is 3.29. The largest absolute Gasteiger partial charge is 0.460 e. The second-order valence-electron chi connectivity index (χ2n) is 7.66. The van der Waals surface area contributed by atoms with Crippen LogP contribution < -0.4 is 10.6 Å². The van der Waals surface area contributed by atoms with Crippen LogP contribution >= 0.6 is 0 Å². The Bertz CT molecular complexity index is 1010. The monoisotopic (exact) mass is 467 g/mol. The Morgan fingerprint density at radius 1 is 1.12 bits per heavy atom. The Kier molecular flexibility index (Phi) is 9.56. The fraction of sp³-hybridized carbons (Fsp3) is 0.400. The van der Waals surface area contributed by atoms with E-state index in [2.05, 4.69) is 10.6 Å². The standard InChI is InChI=1S/C25H29N3O6/c1-4-20(29)33-17(3)22(23(31)27-16-15-26)28-24(32)25(34-21(30)5-2)13-11-19(12-14-25)18-9-7-6-8-10-18/h6-13,17,22H,4-5,14,16H2,1-3H3,(H,27,31)(H,28,32)/t17-,22+,25?/m1/s1. The van der Waals surface area contributed by atoms with Crippen molar-refractivity contribution in [2.24, 2.45) is 0 Å².